The Balaban J connectivity index is 1.80. The van der Waals surface area contributed by atoms with E-state index >= 15 is 0 Å². The van der Waals surface area contributed by atoms with Crippen LogP contribution in [0.5, 0.6) is 5.75 Å². The van der Waals surface area contributed by atoms with Crippen LogP contribution in [0.25, 0.3) is 0 Å². The summed E-state index contributed by atoms with van der Waals surface area (Å²) in [6, 6.07) is 5.17. The van der Waals surface area contributed by atoms with Crippen molar-refractivity contribution in [3.05, 3.63) is 23.2 Å². The molecule has 1 heterocycles. The van der Waals surface area contributed by atoms with Crippen LogP contribution in [0.15, 0.2) is 18.2 Å². The zero-order valence-electron chi connectivity index (χ0n) is 17.2. The third kappa shape index (κ3) is 7.66. The lowest BCUT2D eigenvalue weighted by Crippen LogP contribution is -2.46. The molecule has 0 bridgehead atoms. The van der Waals surface area contributed by atoms with E-state index in [-0.39, 0.29) is 17.4 Å². The largest absolute Gasteiger partial charge is 0.495 e. The van der Waals surface area contributed by atoms with Gasteiger partial charge in [0.2, 0.25) is 11.8 Å². The van der Waals surface area contributed by atoms with Crippen LogP contribution in [0.3, 0.4) is 0 Å². The van der Waals surface area contributed by atoms with Gasteiger partial charge in [-0.25, -0.2) is 0 Å². The molecule has 0 radical (unpaired) electrons. The van der Waals surface area contributed by atoms with E-state index in [0.29, 0.717) is 29.5 Å². The van der Waals surface area contributed by atoms with Crippen LogP contribution >= 0.6 is 11.6 Å². The summed E-state index contributed by atoms with van der Waals surface area (Å²) in [5.74, 6) is 0.526. The first kappa shape index (κ1) is 22.5. The second-order valence-corrected chi connectivity index (χ2v) is 8.51. The van der Waals surface area contributed by atoms with Crippen molar-refractivity contribution >= 4 is 29.1 Å². The van der Waals surface area contributed by atoms with E-state index in [2.05, 4.69) is 20.4 Å². The Morgan fingerprint density at radius 1 is 1.07 bits per heavy atom. The van der Waals surface area contributed by atoms with Crippen molar-refractivity contribution in [2.45, 2.75) is 32.7 Å². The molecule has 1 aliphatic heterocycles. The third-order valence-electron chi connectivity index (χ3n) is 4.37. The summed E-state index contributed by atoms with van der Waals surface area (Å²) in [7, 11) is 1.55. The summed E-state index contributed by atoms with van der Waals surface area (Å²) in [5.41, 5.74) is 0.420. The molecule has 8 heteroatoms. The number of hydrogen-bond donors (Lipinski definition) is 2. The monoisotopic (exact) mass is 410 g/mol. The minimum Gasteiger partial charge on any atom is -0.495 e. The molecule has 2 amide bonds. The molecule has 0 unspecified atom stereocenters. The van der Waals surface area contributed by atoms with Gasteiger partial charge in [-0.2, -0.15) is 0 Å². The van der Waals surface area contributed by atoms with Gasteiger partial charge in [-0.05, 0) is 58.5 Å². The number of benzene rings is 1. The number of nitrogens with zero attached hydrogens (tertiary/aromatic N) is 2. The van der Waals surface area contributed by atoms with Gasteiger partial charge in [0.25, 0.3) is 0 Å². The maximum absolute atomic E-state index is 12.4. The van der Waals surface area contributed by atoms with Crippen LogP contribution in [0.4, 0.5) is 5.69 Å². The highest BCUT2D eigenvalue weighted by atomic mass is 35.5. The van der Waals surface area contributed by atoms with E-state index in [9.17, 15) is 9.59 Å². The quantitative estimate of drug-likeness (QED) is 0.752. The molecule has 2 rings (SSSR count). The van der Waals surface area contributed by atoms with Gasteiger partial charge in [0, 0.05) is 24.3 Å². The highest BCUT2D eigenvalue weighted by Crippen LogP contribution is 2.27. The minimum absolute atomic E-state index is 0.0371. The fourth-order valence-electron chi connectivity index (χ4n) is 3.15. The van der Waals surface area contributed by atoms with Crippen molar-refractivity contribution in [2.24, 2.45) is 0 Å². The molecule has 1 fully saturated rings. The maximum Gasteiger partial charge on any atom is 0.238 e. The second-order valence-electron chi connectivity index (χ2n) is 8.10. The fraction of sp³-hybridized carbons (Fsp3) is 0.600. The standard InChI is InChI=1S/C20H31ClN4O3/c1-20(2,3)23-19(27)14-25-9-5-8-24(10-11-25)13-18(26)22-15-6-7-17(28-4)16(21)12-15/h6-7,12H,5,8-11,13-14H2,1-4H3,(H,22,26)(H,23,27). The predicted octanol–water partition coefficient (Wildman–Crippen LogP) is 2.21. The van der Waals surface area contributed by atoms with Gasteiger partial charge >= 0.3 is 0 Å². The average molecular weight is 411 g/mol. The van der Waals surface area contributed by atoms with E-state index in [1.807, 2.05) is 20.8 Å². The Hall–Kier alpha value is -1.83. The minimum atomic E-state index is -0.225. The number of methoxy groups -OCH3 is 1. The van der Waals surface area contributed by atoms with Gasteiger partial charge in [-0.15, -0.1) is 0 Å². The number of ether oxygens (including phenoxy) is 1. The Morgan fingerprint density at radius 2 is 1.68 bits per heavy atom. The lowest BCUT2D eigenvalue weighted by Gasteiger charge is -2.25. The van der Waals surface area contributed by atoms with Gasteiger partial charge in [0.1, 0.15) is 5.75 Å². The van der Waals surface area contributed by atoms with Gasteiger partial charge < -0.3 is 15.4 Å². The number of rotatable bonds is 6. The third-order valence-corrected chi connectivity index (χ3v) is 4.66. The Labute approximate surface area is 172 Å². The van der Waals surface area contributed by atoms with Crippen LogP contribution in [-0.2, 0) is 9.59 Å². The zero-order valence-corrected chi connectivity index (χ0v) is 17.9. The Kier molecular flexibility index (Phi) is 8.10. The van der Waals surface area contributed by atoms with Crippen molar-refractivity contribution in [3.8, 4) is 5.75 Å². The molecule has 1 aromatic carbocycles. The molecule has 1 aliphatic rings. The number of amides is 2. The number of anilines is 1. The van der Waals surface area contributed by atoms with Gasteiger partial charge in [0.05, 0.1) is 25.2 Å². The van der Waals surface area contributed by atoms with E-state index in [4.69, 9.17) is 16.3 Å². The summed E-state index contributed by atoms with van der Waals surface area (Å²) >= 11 is 6.10. The average Bonchev–Trinajstić information content (AvgIpc) is 2.78. The van der Waals surface area contributed by atoms with E-state index < -0.39 is 0 Å². The van der Waals surface area contributed by atoms with E-state index in [0.717, 1.165) is 32.6 Å². The number of carbonyl (C=O) groups excluding carboxylic acids is 2. The lowest BCUT2D eigenvalue weighted by molar-refractivity contribution is -0.123. The Bertz CT molecular complexity index is 691. The van der Waals surface area contributed by atoms with E-state index in [1.165, 1.54) is 0 Å². The van der Waals surface area contributed by atoms with Gasteiger partial charge in [-0.1, -0.05) is 11.6 Å². The van der Waals surface area contributed by atoms with Crippen LogP contribution in [-0.4, -0.2) is 73.5 Å². The lowest BCUT2D eigenvalue weighted by atomic mass is 10.1. The highest BCUT2D eigenvalue weighted by molar-refractivity contribution is 6.32. The number of nitrogens with one attached hydrogen (secondary N) is 2. The summed E-state index contributed by atoms with van der Waals surface area (Å²) in [4.78, 5) is 28.7. The van der Waals surface area contributed by atoms with Gasteiger partial charge in [0.15, 0.2) is 0 Å². The first-order valence-electron chi connectivity index (χ1n) is 9.55. The molecule has 1 aromatic rings. The van der Waals surface area contributed by atoms with Crippen LogP contribution < -0.4 is 15.4 Å². The fourth-order valence-corrected chi connectivity index (χ4v) is 3.41. The molecule has 2 N–H and O–H groups in total. The van der Waals surface area contributed by atoms with Crippen molar-refractivity contribution in [1.82, 2.24) is 15.1 Å². The maximum atomic E-state index is 12.4. The van der Waals surface area contributed by atoms with Crippen molar-refractivity contribution in [1.29, 1.82) is 0 Å². The van der Waals surface area contributed by atoms with Gasteiger partial charge in [-0.3, -0.25) is 19.4 Å². The molecule has 0 atom stereocenters. The second kappa shape index (κ2) is 10.1. The van der Waals surface area contributed by atoms with Crippen molar-refractivity contribution in [2.75, 3.05) is 51.7 Å². The van der Waals surface area contributed by atoms with E-state index in [1.54, 1.807) is 25.3 Å². The molecule has 28 heavy (non-hydrogen) atoms. The molecule has 1 saturated heterocycles. The smallest absolute Gasteiger partial charge is 0.238 e. The molecule has 156 valence electrons. The molecule has 0 aromatic heterocycles. The van der Waals surface area contributed by atoms with Crippen molar-refractivity contribution in [3.63, 3.8) is 0 Å². The molecule has 0 spiro atoms. The molecule has 0 aliphatic carbocycles. The summed E-state index contributed by atoms with van der Waals surface area (Å²) in [6.45, 7) is 9.82. The molecule has 7 nitrogen and oxygen atoms in total. The SMILES string of the molecule is COc1ccc(NC(=O)CN2CCCN(CC(=O)NC(C)(C)C)CC2)cc1Cl. The molecule has 0 saturated carbocycles. The Morgan fingerprint density at radius 3 is 2.21 bits per heavy atom. The molecular formula is C20H31ClN4O3. The predicted molar refractivity (Wildman–Crippen MR) is 112 cm³/mol. The zero-order chi connectivity index (χ0) is 20.7. The summed E-state index contributed by atoms with van der Waals surface area (Å²) in [5, 5.41) is 6.32. The van der Waals surface area contributed by atoms with Crippen molar-refractivity contribution < 1.29 is 14.3 Å². The van der Waals surface area contributed by atoms with Crippen LogP contribution in [0.2, 0.25) is 5.02 Å². The first-order valence-corrected chi connectivity index (χ1v) is 9.93. The topological polar surface area (TPSA) is 73.9 Å². The first-order chi connectivity index (χ1) is 13.2. The number of hydrogen-bond acceptors (Lipinski definition) is 5. The summed E-state index contributed by atoms with van der Waals surface area (Å²) in [6.07, 6.45) is 0.921. The highest BCUT2D eigenvalue weighted by Gasteiger charge is 2.21. The molecular weight excluding hydrogens is 380 g/mol. The normalized spacial score (nSPS) is 16.3. The number of carbonyl (C=O) groups is 2. The van der Waals surface area contributed by atoms with Crippen LogP contribution in [0, 0.1) is 0 Å². The summed E-state index contributed by atoms with van der Waals surface area (Å²) < 4.78 is 5.12. The van der Waals surface area contributed by atoms with Crippen LogP contribution in [0.1, 0.15) is 27.2 Å². The number of halogens is 1.